The van der Waals surface area contributed by atoms with Gasteiger partial charge in [-0.3, -0.25) is 9.79 Å². The molecule has 5 aromatic carbocycles. The summed E-state index contributed by atoms with van der Waals surface area (Å²) in [6.45, 7) is 8.72. The molecule has 0 unspecified atom stereocenters. The maximum absolute atomic E-state index is 13.2. The molecule has 3 aliphatic rings. The lowest BCUT2D eigenvalue weighted by Crippen LogP contribution is -2.47. The van der Waals surface area contributed by atoms with E-state index in [2.05, 4.69) is 116 Å². The number of benzene rings is 5. The molecule has 0 bridgehead atoms. The van der Waals surface area contributed by atoms with Gasteiger partial charge >= 0.3 is 0 Å². The summed E-state index contributed by atoms with van der Waals surface area (Å²) in [5.41, 5.74) is 8.86. The Labute approximate surface area is 323 Å². The molecule has 3 aliphatic heterocycles. The van der Waals surface area contributed by atoms with Crippen molar-refractivity contribution in [3.8, 4) is 33.8 Å². The molecule has 6 aromatic rings. The number of amides is 1. The van der Waals surface area contributed by atoms with Gasteiger partial charge in [-0.1, -0.05) is 72.8 Å². The van der Waals surface area contributed by atoms with Crippen LogP contribution in [0.1, 0.15) is 36.0 Å². The lowest BCUT2D eigenvalue weighted by atomic mass is 10.0. The maximum Gasteiger partial charge on any atom is 0.256 e. The van der Waals surface area contributed by atoms with Crippen molar-refractivity contribution in [3.63, 3.8) is 0 Å². The van der Waals surface area contributed by atoms with Gasteiger partial charge in [-0.2, -0.15) is 0 Å². The highest BCUT2D eigenvalue weighted by atomic mass is 16.5. The number of piperazine rings is 1. The van der Waals surface area contributed by atoms with E-state index in [9.17, 15) is 4.79 Å². The molecule has 280 valence electrons. The first kappa shape index (κ1) is 35.3. The second-order valence-electron chi connectivity index (χ2n) is 15.1. The van der Waals surface area contributed by atoms with Crippen LogP contribution in [-0.4, -0.2) is 97.0 Å². The molecule has 0 saturated carbocycles. The minimum absolute atomic E-state index is 0.0287. The number of fused-ring (bicyclic) bond motifs is 5. The van der Waals surface area contributed by atoms with E-state index in [-0.39, 0.29) is 11.9 Å². The van der Waals surface area contributed by atoms with E-state index < -0.39 is 0 Å². The number of ether oxygens (including phenoxy) is 2. The Balaban J connectivity index is 0.802. The van der Waals surface area contributed by atoms with E-state index >= 15 is 0 Å². The van der Waals surface area contributed by atoms with Gasteiger partial charge in [0.05, 0.1) is 31.0 Å². The van der Waals surface area contributed by atoms with E-state index in [4.69, 9.17) is 9.47 Å². The molecule has 0 aliphatic carbocycles. The lowest BCUT2D eigenvalue weighted by molar-refractivity contribution is 0.0774. The molecule has 2 fully saturated rings. The van der Waals surface area contributed by atoms with E-state index in [1.54, 1.807) is 13.2 Å². The summed E-state index contributed by atoms with van der Waals surface area (Å²) < 4.78 is 14.4. The highest BCUT2D eigenvalue weighted by molar-refractivity contribution is 6.10. The Morgan fingerprint density at radius 1 is 0.655 bits per heavy atom. The zero-order chi connectivity index (χ0) is 37.1. The average Bonchev–Trinajstić information content (AvgIpc) is 3.81. The third-order valence-corrected chi connectivity index (χ3v) is 11.7. The number of carbonyl (C=O) groups excluding carboxylic acids is 1. The topological polar surface area (TPSA) is 62.5 Å². The van der Waals surface area contributed by atoms with Crippen molar-refractivity contribution in [2.75, 3.05) is 59.5 Å². The monoisotopic (exact) mass is 731 g/mol. The van der Waals surface area contributed by atoms with Crippen LogP contribution < -0.4 is 9.47 Å². The van der Waals surface area contributed by atoms with Crippen LogP contribution in [0.2, 0.25) is 0 Å². The van der Waals surface area contributed by atoms with Gasteiger partial charge in [0.25, 0.3) is 5.91 Å². The fraction of sp³-hybridized carbons (Fsp3) is 0.319. The molecule has 2 saturated heterocycles. The molecule has 8 heteroatoms. The fourth-order valence-corrected chi connectivity index (χ4v) is 8.74. The Bertz CT molecular complexity index is 2230. The van der Waals surface area contributed by atoms with Crippen molar-refractivity contribution in [1.82, 2.24) is 19.3 Å². The minimum Gasteiger partial charge on any atom is -0.493 e. The van der Waals surface area contributed by atoms with Crippen molar-refractivity contribution in [2.45, 2.75) is 38.3 Å². The van der Waals surface area contributed by atoms with Crippen molar-refractivity contribution >= 4 is 39.6 Å². The molecule has 0 radical (unpaired) electrons. The standard InChI is InChI=1S/C47H49N5O3/c1-54-45-31-41-42(48-33-38-15-8-22-51(38)47(41)53)32-46(45)55-28-10-21-50-26-24-49(25-27-50)20-9-23-52-43-18-16-36(34-11-4-2-5-12-34)29-39(43)40-30-37(17-19-44(40)52)35-13-6-3-7-14-35/h2-7,11-14,16-19,29-33,38H,8-10,15,20-28H2,1H3/t38-/m0/s1. The number of nitrogens with zero attached hydrogens (tertiary/aromatic N) is 5. The molecule has 9 rings (SSSR count). The van der Waals surface area contributed by atoms with Crippen LogP contribution in [0.4, 0.5) is 5.69 Å². The molecular formula is C47H49N5O3. The summed E-state index contributed by atoms with van der Waals surface area (Å²) in [7, 11) is 1.63. The summed E-state index contributed by atoms with van der Waals surface area (Å²) in [5, 5.41) is 2.63. The summed E-state index contributed by atoms with van der Waals surface area (Å²) in [4.78, 5) is 25.0. The number of rotatable bonds is 12. The molecule has 1 aromatic heterocycles. The molecule has 1 amide bonds. The Kier molecular flexibility index (Phi) is 10.1. The third kappa shape index (κ3) is 7.24. The van der Waals surface area contributed by atoms with Gasteiger partial charge in [0.2, 0.25) is 0 Å². The zero-order valence-electron chi connectivity index (χ0n) is 31.7. The van der Waals surface area contributed by atoms with Crippen LogP contribution in [0.15, 0.2) is 114 Å². The SMILES string of the molecule is COc1cc2c(cc1OCCCN1CCN(CCCn3c4ccc(-c5ccccc5)cc4c4cc(-c5ccccc5)ccc43)CC1)N=C[C@@H]1CCCN1C2=O. The summed E-state index contributed by atoms with van der Waals surface area (Å²) >= 11 is 0. The maximum atomic E-state index is 13.2. The summed E-state index contributed by atoms with van der Waals surface area (Å²) in [5.74, 6) is 1.26. The Morgan fingerprint density at radius 2 is 1.27 bits per heavy atom. The van der Waals surface area contributed by atoms with Crippen LogP contribution in [0.3, 0.4) is 0 Å². The van der Waals surface area contributed by atoms with E-state index in [0.717, 1.165) is 78.0 Å². The number of aliphatic imine (C=N–C) groups is 1. The van der Waals surface area contributed by atoms with Gasteiger partial charge in [0.15, 0.2) is 11.5 Å². The van der Waals surface area contributed by atoms with Crippen LogP contribution in [-0.2, 0) is 6.54 Å². The van der Waals surface area contributed by atoms with Gasteiger partial charge in [-0.05, 0) is 84.8 Å². The molecule has 0 N–H and O–H groups in total. The molecule has 4 heterocycles. The van der Waals surface area contributed by atoms with Crippen molar-refractivity contribution < 1.29 is 14.3 Å². The second kappa shape index (κ2) is 15.7. The molecule has 8 nitrogen and oxygen atoms in total. The number of aryl methyl sites for hydroxylation is 1. The molecule has 0 spiro atoms. The first-order valence-electron chi connectivity index (χ1n) is 19.9. The van der Waals surface area contributed by atoms with Gasteiger partial charge in [-0.25, -0.2) is 0 Å². The van der Waals surface area contributed by atoms with Gasteiger partial charge < -0.3 is 28.7 Å². The van der Waals surface area contributed by atoms with Crippen LogP contribution in [0, 0.1) is 0 Å². The quantitative estimate of drug-likeness (QED) is 0.118. The summed E-state index contributed by atoms with van der Waals surface area (Å²) in [6.07, 6.45) is 5.92. The Hall–Kier alpha value is -5.44. The molecular weight excluding hydrogens is 683 g/mol. The van der Waals surface area contributed by atoms with E-state index in [0.29, 0.717) is 29.4 Å². The van der Waals surface area contributed by atoms with E-state index in [1.165, 1.54) is 44.1 Å². The van der Waals surface area contributed by atoms with Crippen LogP contribution >= 0.6 is 0 Å². The smallest absolute Gasteiger partial charge is 0.256 e. The first-order chi connectivity index (χ1) is 27.1. The van der Waals surface area contributed by atoms with Crippen molar-refractivity contribution in [2.24, 2.45) is 4.99 Å². The predicted octanol–water partition coefficient (Wildman–Crippen LogP) is 8.93. The van der Waals surface area contributed by atoms with Crippen LogP contribution in [0.5, 0.6) is 11.5 Å². The van der Waals surface area contributed by atoms with Crippen molar-refractivity contribution in [1.29, 1.82) is 0 Å². The molecule has 55 heavy (non-hydrogen) atoms. The first-order valence-corrected chi connectivity index (χ1v) is 19.9. The zero-order valence-corrected chi connectivity index (χ0v) is 31.7. The van der Waals surface area contributed by atoms with Gasteiger partial charge in [-0.15, -0.1) is 0 Å². The minimum atomic E-state index is 0.0287. The number of aromatic nitrogens is 1. The fourth-order valence-electron chi connectivity index (χ4n) is 8.74. The Morgan fingerprint density at radius 3 is 1.89 bits per heavy atom. The third-order valence-electron chi connectivity index (χ3n) is 11.7. The lowest BCUT2D eigenvalue weighted by Gasteiger charge is -2.34. The number of hydrogen-bond acceptors (Lipinski definition) is 6. The van der Waals surface area contributed by atoms with Gasteiger partial charge in [0, 0.05) is 79.9 Å². The average molecular weight is 732 g/mol. The number of carbonyl (C=O) groups is 1. The molecule has 1 atom stereocenters. The van der Waals surface area contributed by atoms with E-state index in [1.807, 2.05) is 17.2 Å². The van der Waals surface area contributed by atoms with Crippen molar-refractivity contribution in [3.05, 3.63) is 115 Å². The highest BCUT2D eigenvalue weighted by Crippen LogP contribution is 2.39. The predicted molar refractivity (Wildman–Crippen MR) is 223 cm³/mol. The van der Waals surface area contributed by atoms with Gasteiger partial charge in [0.1, 0.15) is 0 Å². The summed E-state index contributed by atoms with van der Waals surface area (Å²) in [6, 6.07) is 39.1. The number of hydrogen-bond donors (Lipinski definition) is 0. The highest BCUT2D eigenvalue weighted by Gasteiger charge is 2.32. The normalized spacial score (nSPS) is 17.4. The van der Waals surface area contributed by atoms with Crippen LogP contribution in [0.25, 0.3) is 44.1 Å². The number of methoxy groups -OCH3 is 1. The largest absolute Gasteiger partial charge is 0.493 e. The second-order valence-corrected chi connectivity index (χ2v) is 15.1.